The van der Waals surface area contributed by atoms with Crippen LogP contribution < -0.4 is 9.47 Å². The van der Waals surface area contributed by atoms with Crippen LogP contribution in [0.2, 0.25) is 10.0 Å². The van der Waals surface area contributed by atoms with Gasteiger partial charge in [0.25, 0.3) is 0 Å². The maximum absolute atomic E-state index is 12.6. The van der Waals surface area contributed by atoms with Crippen molar-refractivity contribution in [3.63, 3.8) is 0 Å². The molecule has 5 nitrogen and oxygen atoms in total. The predicted octanol–water partition coefficient (Wildman–Crippen LogP) is 8.19. The maximum Gasteiger partial charge on any atom is 0.323 e. The highest BCUT2D eigenvalue weighted by Gasteiger charge is 2.34. The summed E-state index contributed by atoms with van der Waals surface area (Å²) in [5.74, 6) is 2.41. The van der Waals surface area contributed by atoms with Gasteiger partial charge in [-0.2, -0.15) is 0 Å². The van der Waals surface area contributed by atoms with Gasteiger partial charge in [0.05, 0.1) is 23.8 Å². The Morgan fingerprint density at radius 1 is 1.00 bits per heavy atom. The lowest BCUT2D eigenvalue weighted by atomic mass is 9.86. The molecule has 0 unspecified atom stereocenters. The second-order valence-electron chi connectivity index (χ2n) is 11.6. The molecule has 7 heteroatoms. The molecule has 5 rings (SSSR count). The summed E-state index contributed by atoms with van der Waals surface area (Å²) in [5, 5.41) is 1.08. The molecule has 3 aromatic carbocycles. The fourth-order valence-corrected chi connectivity index (χ4v) is 6.40. The summed E-state index contributed by atoms with van der Waals surface area (Å²) in [7, 11) is 1.47. The lowest BCUT2D eigenvalue weighted by Crippen LogP contribution is -2.47. The molecule has 2 aliphatic heterocycles. The van der Waals surface area contributed by atoms with Crippen LogP contribution in [0.25, 0.3) is 0 Å². The fraction of sp³-hybridized carbons (Fsp3) is 0.441. The number of hydrogen-bond donors (Lipinski definition) is 0. The van der Waals surface area contributed by atoms with Crippen molar-refractivity contribution in [1.29, 1.82) is 0 Å². The zero-order valence-corrected chi connectivity index (χ0v) is 25.8. The Balaban J connectivity index is 1.32. The Labute approximate surface area is 253 Å². The van der Waals surface area contributed by atoms with Crippen LogP contribution in [-0.2, 0) is 28.9 Å². The minimum atomic E-state index is -0.254. The van der Waals surface area contributed by atoms with Gasteiger partial charge in [0, 0.05) is 13.1 Å². The zero-order chi connectivity index (χ0) is 29.1. The van der Waals surface area contributed by atoms with Crippen LogP contribution in [0.15, 0.2) is 54.6 Å². The van der Waals surface area contributed by atoms with Gasteiger partial charge in [-0.1, -0.05) is 68.2 Å². The smallest absolute Gasteiger partial charge is 0.323 e. The largest absolute Gasteiger partial charge is 0.493 e. The standard InChI is InChI=1S/C34H39Cl2NO4/c1-5-32(24-8-11-29(35)30(36)16-24)41-28-9-6-22(7-10-28)23-12-13-40-33-18-25-17-31(34(38)39-4)37(19-21(2)3)20-27(25)15-26(33)14-23/h6-11,15-16,18,21,23,31-32H,5,12-14,17,19-20H2,1-4H3/t23-,31+,32-/m1/s1. The molecule has 0 fully saturated rings. The van der Waals surface area contributed by atoms with Crippen LogP contribution in [0.3, 0.4) is 0 Å². The molecule has 3 atom stereocenters. The third-order valence-electron chi connectivity index (χ3n) is 8.19. The number of benzene rings is 3. The van der Waals surface area contributed by atoms with E-state index in [9.17, 15) is 4.79 Å². The summed E-state index contributed by atoms with van der Waals surface area (Å²) in [6.07, 6.45) is 3.21. The highest BCUT2D eigenvalue weighted by Crippen LogP contribution is 2.38. The molecule has 0 aliphatic carbocycles. The number of ether oxygens (including phenoxy) is 3. The Kier molecular flexibility index (Phi) is 9.48. The van der Waals surface area contributed by atoms with Crippen LogP contribution in [0, 0.1) is 5.92 Å². The van der Waals surface area contributed by atoms with Gasteiger partial charge in [0.1, 0.15) is 23.6 Å². The maximum atomic E-state index is 12.6. The number of carbonyl (C=O) groups is 1. The SMILES string of the molecule is CC[C@@H](Oc1ccc([C@@H]2CCOc3cc4c(cc3C2)CN(CC(C)C)[C@H](C(=O)OC)C4)cc1)c1ccc(Cl)c(Cl)c1. The lowest BCUT2D eigenvalue weighted by molar-refractivity contribution is -0.147. The minimum Gasteiger partial charge on any atom is -0.493 e. The van der Waals surface area contributed by atoms with Crippen LogP contribution in [-0.4, -0.2) is 37.2 Å². The zero-order valence-electron chi connectivity index (χ0n) is 24.3. The van der Waals surface area contributed by atoms with Gasteiger partial charge in [-0.25, -0.2) is 0 Å². The van der Waals surface area contributed by atoms with Crippen molar-refractivity contribution in [2.24, 2.45) is 5.92 Å². The molecular formula is C34H39Cl2NO4. The summed E-state index contributed by atoms with van der Waals surface area (Å²) in [6, 6.07) is 18.4. The minimum absolute atomic E-state index is 0.103. The van der Waals surface area contributed by atoms with Crippen molar-refractivity contribution < 1.29 is 19.0 Å². The highest BCUT2D eigenvalue weighted by atomic mass is 35.5. The van der Waals surface area contributed by atoms with E-state index in [-0.39, 0.29) is 18.1 Å². The number of carbonyl (C=O) groups excluding carboxylic acids is 1. The first-order chi connectivity index (χ1) is 19.7. The molecule has 0 radical (unpaired) electrons. The fourth-order valence-electron chi connectivity index (χ4n) is 6.09. The first-order valence-corrected chi connectivity index (χ1v) is 15.3. The summed E-state index contributed by atoms with van der Waals surface area (Å²) < 4.78 is 17.7. The van der Waals surface area contributed by atoms with Gasteiger partial charge >= 0.3 is 5.97 Å². The number of hydrogen-bond acceptors (Lipinski definition) is 5. The Morgan fingerprint density at radius 2 is 1.78 bits per heavy atom. The van der Waals surface area contributed by atoms with E-state index in [1.807, 2.05) is 18.2 Å². The average molecular weight is 597 g/mol. The Morgan fingerprint density at radius 3 is 2.46 bits per heavy atom. The third-order valence-corrected chi connectivity index (χ3v) is 8.93. The van der Waals surface area contributed by atoms with Crippen molar-refractivity contribution in [3.8, 4) is 11.5 Å². The van der Waals surface area contributed by atoms with E-state index >= 15 is 0 Å². The third kappa shape index (κ3) is 6.85. The normalized spacial score (nSPS) is 19.5. The van der Waals surface area contributed by atoms with Gasteiger partial charge in [0.2, 0.25) is 0 Å². The molecule has 0 aromatic heterocycles. The van der Waals surface area contributed by atoms with Crippen LogP contribution >= 0.6 is 23.2 Å². The van der Waals surface area contributed by atoms with Gasteiger partial charge in [0.15, 0.2) is 0 Å². The van der Waals surface area contributed by atoms with E-state index in [0.717, 1.165) is 49.4 Å². The van der Waals surface area contributed by atoms with Crippen molar-refractivity contribution in [2.45, 2.75) is 71.1 Å². The van der Waals surface area contributed by atoms with E-state index in [4.69, 9.17) is 37.4 Å². The molecule has 0 saturated heterocycles. The highest BCUT2D eigenvalue weighted by molar-refractivity contribution is 6.42. The van der Waals surface area contributed by atoms with Crippen molar-refractivity contribution in [3.05, 3.63) is 92.5 Å². The van der Waals surface area contributed by atoms with Crippen molar-refractivity contribution >= 4 is 29.2 Å². The monoisotopic (exact) mass is 595 g/mol. The van der Waals surface area contributed by atoms with E-state index in [1.54, 1.807) is 0 Å². The number of esters is 1. The van der Waals surface area contributed by atoms with Gasteiger partial charge in [-0.15, -0.1) is 0 Å². The second-order valence-corrected chi connectivity index (χ2v) is 12.4. The van der Waals surface area contributed by atoms with E-state index in [0.29, 0.717) is 34.9 Å². The first-order valence-electron chi connectivity index (χ1n) is 14.6. The summed E-state index contributed by atoms with van der Waals surface area (Å²) in [5.41, 5.74) is 5.99. The Bertz CT molecular complexity index is 1370. The molecule has 0 spiro atoms. The molecule has 2 aliphatic rings. The molecule has 0 bridgehead atoms. The Hall–Kier alpha value is -2.73. The topological polar surface area (TPSA) is 48.0 Å². The average Bonchev–Trinajstić information content (AvgIpc) is 3.17. The molecule has 218 valence electrons. The summed E-state index contributed by atoms with van der Waals surface area (Å²) in [4.78, 5) is 14.9. The van der Waals surface area contributed by atoms with Gasteiger partial charge < -0.3 is 14.2 Å². The first kappa shape index (κ1) is 29.8. The van der Waals surface area contributed by atoms with Crippen molar-refractivity contribution in [2.75, 3.05) is 20.3 Å². The molecule has 2 heterocycles. The van der Waals surface area contributed by atoms with E-state index in [1.165, 1.54) is 29.4 Å². The van der Waals surface area contributed by atoms with Crippen molar-refractivity contribution in [1.82, 2.24) is 4.90 Å². The van der Waals surface area contributed by atoms with Crippen LogP contribution in [0.1, 0.15) is 73.5 Å². The number of fused-ring (bicyclic) bond motifs is 2. The number of nitrogens with zero attached hydrogens (tertiary/aromatic N) is 1. The molecular weight excluding hydrogens is 557 g/mol. The lowest BCUT2D eigenvalue weighted by Gasteiger charge is -2.36. The molecule has 41 heavy (non-hydrogen) atoms. The molecule has 0 amide bonds. The number of halogens is 2. The van der Waals surface area contributed by atoms with Crippen LogP contribution in [0.5, 0.6) is 11.5 Å². The van der Waals surface area contributed by atoms with E-state index < -0.39 is 0 Å². The second kappa shape index (κ2) is 13.1. The summed E-state index contributed by atoms with van der Waals surface area (Å²) >= 11 is 12.4. The van der Waals surface area contributed by atoms with E-state index in [2.05, 4.69) is 62.1 Å². The van der Waals surface area contributed by atoms with Crippen LogP contribution in [0.4, 0.5) is 0 Å². The quantitative estimate of drug-likeness (QED) is 0.246. The molecule has 0 N–H and O–H groups in total. The van der Waals surface area contributed by atoms with Gasteiger partial charge in [-0.3, -0.25) is 9.69 Å². The molecule has 0 saturated carbocycles. The summed E-state index contributed by atoms with van der Waals surface area (Å²) in [6.45, 7) is 8.73. The number of methoxy groups -OCH3 is 1. The predicted molar refractivity (Wildman–Crippen MR) is 164 cm³/mol. The number of rotatable bonds is 8. The molecule has 3 aromatic rings. The van der Waals surface area contributed by atoms with Gasteiger partial charge in [-0.05, 0) is 95.7 Å².